The minimum atomic E-state index is 0.536. The van der Waals surface area contributed by atoms with Crippen molar-refractivity contribution >= 4 is 15.9 Å². The fraction of sp³-hybridized carbons (Fsp3) is 0.538. The zero-order valence-corrected chi connectivity index (χ0v) is 11.4. The number of nitrogens with two attached hydrogens (primary N) is 1. The molecule has 1 aliphatic carbocycles. The van der Waals surface area contributed by atoms with Crippen molar-refractivity contribution in [1.29, 1.82) is 0 Å². The van der Waals surface area contributed by atoms with E-state index in [4.69, 9.17) is 10.5 Å². The summed E-state index contributed by atoms with van der Waals surface area (Å²) >= 11 is 3.32. The highest BCUT2D eigenvalue weighted by atomic mass is 79.9. The van der Waals surface area contributed by atoms with Crippen molar-refractivity contribution in [3.05, 3.63) is 28.7 Å². The third kappa shape index (κ3) is 5.52. The third-order valence-electron chi connectivity index (χ3n) is 2.70. The summed E-state index contributed by atoms with van der Waals surface area (Å²) in [6.45, 7) is 0. The first-order valence-corrected chi connectivity index (χ1v) is 6.57. The molecule has 16 heavy (non-hydrogen) atoms. The largest absolute Gasteiger partial charge is 0.497 e. The van der Waals surface area contributed by atoms with Gasteiger partial charge in [0.15, 0.2) is 0 Å². The molecule has 0 aliphatic heterocycles. The van der Waals surface area contributed by atoms with Crippen LogP contribution in [0.15, 0.2) is 28.7 Å². The Morgan fingerprint density at radius 1 is 1.12 bits per heavy atom. The smallest absolute Gasteiger partial charge is 0.118 e. The van der Waals surface area contributed by atoms with Gasteiger partial charge in [0.05, 0.1) is 7.11 Å². The van der Waals surface area contributed by atoms with Crippen LogP contribution in [-0.2, 0) is 0 Å². The second-order valence-electron chi connectivity index (χ2n) is 4.06. The Morgan fingerprint density at radius 3 is 2.06 bits per heavy atom. The monoisotopic (exact) mass is 285 g/mol. The van der Waals surface area contributed by atoms with Crippen LogP contribution in [0.1, 0.15) is 32.1 Å². The Hall–Kier alpha value is -0.540. The van der Waals surface area contributed by atoms with E-state index in [0.717, 1.165) is 10.2 Å². The Bertz CT molecular complexity index is 280. The Balaban J connectivity index is 0.000000165. The predicted octanol–water partition coefficient (Wildman–Crippen LogP) is 3.74. The summed E-state index contributed by atoms with van der Waals surface area (Å²) in [4.78, 5) is 0. The highest BCUT2D eigenvalue weighted by molar-refractivity contribution is 9.10. The molecule has 0 spiro atoms. The molecule has 3 heteroatoms. The van der Waals surface area contributed by atoms with E-state index in [1.165, 1.54) is 32.1 Å². The van der Waals surface area contributed by atoms with E-state index in [1.807, 2.05) is 24.3 Å². The molecule has 0 amide bonds. The fourth-order valence-corrected chi connectivity index (χ4v) is 1.97. The second kappa shape index (κ2) is 7.69. The number of benzene rings is 1. The maximum Gasteiger partial charge on any atom is 0.118 e. The molecule has 0 radical (unpaired) electrons. The Morgan fingerprint density at radius 2 is 1.69 bits per heavy atom. The van der Waals surface area contributed by atoms with Gasteiger partial charge in [-0.05, 0) is 37.1 Å². The van der Waals surface area contributed by atoms with Gasteiger partial charge in [-0.15, -0.1) is 0 Å². The molecule has 1 aromatic rings. The van der Waals surface area contributed by atoms with Gasteiger partial charge in [0.2, 0.25) is 0 Å². The van der Waals surface area contributed by atoms with Crippen LogP contribution >= 0.6 is 15.9 Å². The van der Waals surface area contributed by atoms with Gasteiger partial charge < -0.3 is 10.5 Å². The van der Waals surface area contributed by atoms with Gasteiger partial charge in [-0.25, -0.2) is 0 Å². The van der Waals surface area contributed by atoms with Crippen LogP contribution < -0.4 is 10.5 Å². The zero-order valence-electron chi connectivity index (χ0n) is 9.79. The van der Waals surface area contributed by atoms with E-state index in [-0.39, 0.29) is 0 Å². The average molecular weight is 286 g/mol. The average Bonchev–Trinajstić information content (AvgIpc) is 2.32. The van der Waals surface area contributed by atoms with E-state index in [9.17, 15) is 0 Å². The number of hydrogen-bond acceptors (Lipinski definition) is 2. The van der Waals surface area contributed by atoms with Gasteiger partial charge in [-0.2, -0.15) is 0 Å². The lowest BCUT2D eigenvalue weighted by Gasteiger charge is -2.15. The van der Waals surface area contributed by atoms with Gasteiger partial charge in [-0.3, -0.25) is 0 Å². The van der Waals surface area contributed by atoms with Gasteiger partial charge in [0, 0.05) is 10.5 Å². The van der Waals surface area contributed by atoms with E-state index >= 15 is 0 Å². The van der Waals surface area contributed by atoms with Crippen LogP contribution in [0.2, 0.25) is 0 Å². The lowest BCUT2D eigenvalue weighted by Crippen LogP contribution is -2.22. The van der Waals surface area contributed by atoms with E-state index in [1.54, 1.807) is 7.11 Å². The quantitative estimate of drug-likeness (QED) is 0.853. The molecule has 1 aromatic carbocycles. The molecule has 0 unspecified atom stereocenters. The van der Waals surface area contributed by atoms with Crippen LogP contribution in [0.25, 0.3) is 0 Å². The molecule has 0 bridgehead atoms. The summed E-state index contributed by atoms with van der Waals surface area (Å²) in [7, 11) is 1.66. The summed E-state index contributed by atoms with van der Waals surface area (Å²) in [5.41, 5.74) is 5.63. The highest BCUT2D eigenvalue weighted by Crippen LogP contribution is 2.15. The van der Waals surface area contributed by atoms with Crippen LogP contribution in [0.3, 0.4) is 0 Å². The maximum atomic E-state index is 5.63. The number of hydrogen-bond donors (Lipinski definition) is 1. The summed E-state index contributed by atoms with van der Waals surface area (Å²) < 4.78 is 6.02. The molecule has 1 fully saturated rings. The summed E-state index contributed by atoms with van der Waals surface area (Å²) in [5, 5.41) is 0. The van der Waals surface area contributed by atoms with Gasteiger partial charge in [0.25, 0.3) is 0 Å². The number of methoxy groups -OCH3 is 1. The number of halogens is 1. The molecule has 1 aliphatic rings. The maximum absolute atomic E-state index is 5.63. The summed E-state index contributed by atoms with van der Waals surface area (Å²) in [6, 6.07) is 8.24. The van der Waals surface area contributed by atoms with E-state index in [0.29, 0.717) is 6.04 Å². The topological polar surface area (TPSA) is 35.2 Å². The summed E-state index contributed by atoms with van der Waals surface area (Å²) in [5.74, 6) is 0.887. The molecular weight excluding hydrogens is 266 g/mol. The van der Waals surface area contributed by atoms with Gasteiger partial charge in [-0.1, -0.05) is 35.2 Å². The molecule has 2 rings (SSSR count). The SMILES string of the molecule is COc1ccc(Br)cc1.NC1CCCCC1. The van der Waals surface area contributed by atoms with E-state index < -0.39 is 0 Å². The van der Waals surface area contributed by atoms with Crippen LogP contribution in [0.4, 0.5) is 0 Å². The highest BCUT2D eigenvalue weighted by Gasteiger charge is 2.06. The molecule has 90 valence electrons. The van der Waals surface area contributed by atoms with Crippen LogP contribution in [0.5, 0.6) is 5.75 Å². The Kier molecular flexibility index (Phi) is 6.50. The van der Waals surface area contributed by atoms with Crippen LogP contribution in [-0.4, -0.2) is 13.2 Å². The molecule has 0 aromatic heterocycles. The minimum absolute atomic E-state index is 0.536. The van der Waals surface area contributed by atoms with Crippen molar-refractivity contribution in [2.45, 2.75) is 38.1 Å². The second-order valence-corrected chi connectivity index (χ2v) is 4.97. The summed E-state index contributed by atoms with van der Waals surface area (Å²) in [6.07, 6.45) is 6.66. The fourth-order valence-electron chi connectivity index (χ4n) is 1.70. The van der Waals surface area contributed by atoms with Crippen molar-refractivity contribution in [1.82, 2.24) is 0 Å². The Labute approximate surface area is 106 Å². The minimum Gasteiger partial charge on any atom is -0.497 e. The van der Waals surface area contributed by atoms with Crippen molar-refractivity contribution in [3.63, 3.8) is 0 Å². The molecule has 0 heterocycles. The zero-order chi connectivity index (χ0) is 11.8. The number of rotatable bonds is 1. The molecule has 0 atom stereocenters. The molecule has 2 nitrogen and oxygen atoms in total. The van der Waals surface area contributed by atoms with Crippen LogP contribution in [0, 0.1) is 0 Å². The van der Waals surface area contributed by atoms with Gasteiger partial charge in [0.1, 0.15) is 5.75 Å². The first-order chi connectivity index (χ1) is 7.72. The lowest BCUT2D eigenvalue weighted by molar-refractivity contribution is 0.414. The first kappa shape index (κ1) is 13.5. The molecule has 2 N–H and O–H groups in total. The van der Waals surface area contributed by atoms with Crippen molar-refractivity contribution in [3.8, 4) is 5.75 Å². The lowest BCUT2D eigenvalue weighted by atomic mass is 9.97. The van der Waals surface area contributed by atoms with Crippen molar-refractivity contribution in [2.24, 2.45) is 5.73 Å². The molecular formula is C13H20BrNO. The molecule has 0 saturated heterocycles. The first-order valence-electron chi connectivity index (χ1n) is 5.77. The van der Waals surface area contributed by atoms with Gasteiger partial charge >= 0.3 is 0 Å². The predicted molar refractivity (Wildman–Crippen MR) is 71.8 cm³/mol. The van der Waals surface area contributed by atoms with Crippen molar-refractivity contribution in [2.75, 3.05) is 7.11 Å². The number of ether oxygens (including phenoxy) is 1. The normalized spacial score (nSPS) is 16.2. The third-order valence-corrected chi connectivity index (χ3v) is 3.23. The van der Waals surface area contributed by atoms with Crippen molar-refractivity contribution < 1.29 is 4.74 Å². The standard InChI is InChI=1S/C7H7BrO.C6H13N/c1-9-7-4-2-6(8)3-5-7;7-6-4-2-1-3-5-6/h2-5H,1H3;6H,1-5,7H2. The molecule has 1 saturated carbocycles. The van der Waals surface area contributed by atoms with E-state index in [2.05, 4.69) is 15.9 Å².